The van der Waals surface area contributed by atoms with Crippen molar-refractivity contribution in [2.45, 2.75) is 63.1 Å². The topological polar surface area (TPSA) is 116 Å². The maximum absolute atomic E-state index is 12.9. The third-order valence-electron chi connectivity index (χ3n) is 6.88. The Bertz CT molecular complexity index is 1040. The van der Waals surface area contributed by atoms with Crippen LogP contribution in [0.25, 0.3) is 11.1 Å². The fourth-order valence-electron chi connectivity index (χ4n) is 5.13. The van der Waals surface area contributed by atoms with Gasteiger partial charge in [-0.25, -0.2) is 9.59 Å². The largest absolute Gasteiger partial charge is 0.480 e. The molecule has 8 nitrogen and oxygen atoms in total. The van der Waals surface area contributed by atoms with Gasteiger partial charge in [0.25, 0.3) is 0 Å². The van der Waals surface area contributed by atoms with Gasteiger partial charge in [0.15, 0.2) is 0 Å². The molecular formula is C27H32N2O6. The van der Waals surface area contributed by atoms with Gasteiger partial charge in [-0.2, -0.15) is 0 Å². The van der Waals surface area contributed by atoms with Gasteiger partial charge < -0.3 is 25.2 Å². The molecule has 3 N–H and O–H groups in total. The van der Waals surface area contributed by atoms with E-state index in [1.54, 1.807) is 0 Å². The lowest BCUT2D eigenvalue weighted by atomic mass is 9.98. The third-order valence-corrected chi connectivity index (χ3v) is 6.88. The summed E-state index contributed by atoms with van der Waals surface area (Å²) in [5.74, 6) is -1.59. The Kier molecular flexibility index (Phi) is 7.70. The number of hydrogen-bond acceptors (Lipinski definition) is 5. The molecule has 1 aliphatic heterocycles. The van der Waals surface area contributed by atoms with Crippen molar-refractivity contribution in [1.29, 1.82) is 0 Å². The Morgan fingerprint density at radius 3 is 2.31 bits per heavy atom. The van der Waals surface area contributed by atoms with Crippen LogP contribution >= 0.6 is 0 Å². The number of alkyl carbamates (subject to hydrolysis) is 1. The summed E-state index contributed by atoms with van der Waals surface area (Å²) in [7, 11) is 0. The maximum Gasteiger partial charge on any atom is 0.407 e. The highest BCUT2D eigenvalue weighted by Gasteiger charge is 2.39. The maximum atomic E-state index is 12.9. The van der Waals surface area contributed by atoms with E-state index in [4.69, 9.17) is 4.74 Å². The van der Waals surface area contributed by atoms with Crippen molar-refractivity contribution in [2.24, 2.45) is 0 Å². The summed E-state index contributed by atoms with van der Waals surface area (Å²) in [6.45, 7) is 2.18. The number of nitrogens with zero attached hydrogens (tertiary/aromatic N) is 1. The van der Waals surface area contributed by atoms with Crippen molar-refractivity contribution in [3.63, 3.8) is 0 Å². The Hall–Kier alpha value is -3.39. The van der Waals surface area contributed by atoms with Crippen molar-refractivity contribution in [2.75, 3.05) is 13.2 Å². The first-order valence-electron chi connectivity index (χ1n) is 12.2. The number of fused-ring (bicyclic) bond motifs is 3. The molecule has 8 heteroatoms. The minimum atomic E-state index is -1.13. The highest BCUT2D eigenvalue weighted by molar-refractivity contribution is 5.85. The molecule has 1 aliphatic carbocycles. The van der Waals surface area contributed by atoms with Crippen molar-refractivity contribution >= 4 is 18.0 Å². The number of β-amino-alcohol motifs (C(OH)–C–C–N with tert-alkyl or cyclic N) is 1. The number of aliphatic hydroxyl groups excluding tert-OH is 1. The van der Waals surface area contributed by atoms with E-state index in [1.807, 2.05) is 43.3 Å². The summed E-state index contributed by atoms with van der Waals surface area (Å²) in [6.07, 6.45) is 0.771. The fraction of sp³-hybridized carbons (Fsp3) is 0.444. The van der Waals surface area contributed by atoms with Gasteiger partial charge in [-0.15, -0.1) is 0 Å². The summed E-state index contributed by atoms with van der Waals surface area (Å²) in [4.78, 5) is 38.3. The van der Waals surface area contributed by atoms with Gasteiger partial charge in [0.1, 0.15) is 12.6 Å². The van der Waals surface area contributed by atoms with Crippen LogP contribution in [0, 0.1) is 0 Å². The quantitative estimate of drug-likeness (QED) is 0.506. The summed E-state index contributed by atoms with van der Waals surface area (Å²) in [6, 6.07) is 14.7. The number of nitrogens with one attached hydrogen (secondary N) is 1. The molecule has 0 saturated carbocycles. The van der Waals surface area contributed by atoms with Crippen LogP contribution in [0.15, 0.2) is 48.5 Å². The first kappa shape index (κ1) is 24.7. The molecule has 2 aliphatic rings. The van der Waals surface area contributed by atoms with Crippen LogP contribution in [0.2, 0.25) is 0 Å². The zero-order valence-electron chi connectivity index (χ0n) is 19.9. The van der Waals surface area contributed by atoms with E-state index in [0.717, 1.165) is 35.1 Å². The molecule has 0 aromatic heterocycles. The van der Waals surface area contributed by atoms with Crippen LogP contribution in [-0.2, 0) is 14.3 Å². The SMILES string of the molecule is CCCCC(CC(=O)N1CC(O)C[C@H]1C(=O)O)NC(=O)OCC1c2ccccc2-c2ccccc21. The average Bonchev–Trinajstić information content (AvgIpc) is 3.39. The standard InChI is InChI=1S/C27H32N2O6/c1-2-3-8-17(13-25(31)29-15-18(30)14-24(29)26(32)33)28-27(34)35-16-23-21-11-6-4-9-19(21)20-10-5-7-12-22(20)23/h4-7,9-12,17-18,23-24,30H,2-3,8,13-16H2,1H3,(H,28,34)(H,32,33)/t17?,18?,24-/m0/s1. The second-order valence-corrected chi connectivity index (χ2v) is 9.30. The second kappa shape index (κ2) is 10.9. The van der Waals surface area contributed by atoms with E-state index in [9.17, 15) is 24.6 Å². The Morgan fingerprint density at radius 1 is 1.09 bits per heavy atom. The lowest BCUT2D eigenvalue weighted by Gasteiger charge is -2.25. The van der Waals surface area contributed by atoms with E-state index in [1.165, 1.54) is 4.90 Å². The molecule has 0 radical (unpaired) electrons. The van der Waals surface area contributed by atoms with Gasteiger partial charge in [-0.1, -0.05) is 68.3 Å². The highest BCUT2D eigenvalue weighted by atomic mass is 16.5. The summed E-state index contributed by atoms with van der Waals surface area (Å²) in [5, 5.41) is 22.1. The summed E-state index contributed by atoms with van der Waals surface area (Å²) < 4.78 is 5.62. The Morgan fingerprint density at radius 2 is 1.71 bits per heavy atom. The molecule has 186 valence electrons. The minimum Gasteiger partial charge on any atom is -0.480 e. The first-order valence-corrected chi connectivity index (χ1v) is 12.2. The average molecular weight is 481 g/mol. The van der Waals surface area contributed by atoms with Crippen LogP contribution in [0.5, 0.6) is 0 Å². The van der Waals surface area contributed by atoms with Crippen molar-refractivity contribution in [3.05, 3.63) is 59.7 Å². The van der Waals surface area contributed by atoms with E-state index in [2.05, 4.69) is 17.4 Å². The highest BCUT2D eigenvalue weighted by Crippen LogP contribution is 2.44. The second-order valence-electron chi connectivity index (χ2n) is 9.30. The van der Waals surface area contributed by atoms with E-state index >= 15 is 0 Å². The monoisotopic (exact) mass is 480 g/mol. The molecule has 0 bridgehead atoms. The van der Waals surface area contributed by atoms with E-state index in [-0.39, 0.29) is 31.9 Å². The van der Waals surface area contributed by atoms with Gasteiger partial charge >= 0.3 is 12.1 Å². The van der Waals surface area contributed by atoms with Gasteiger partial charge in [0.05, 0.1) is 6.10 Å². The zero-order valence-corrected chi connectivity index (χ0v) is 19.9. The number of benzene rings is 2. The van der Waals surface area contributed by atoms with Crippen LogP contribution < -0.4 is 5.32 Å². The molecule has 35 heavy (non-hydrogen) atoms. The fourth-order valence-corrected chi connectivity index (χ4v) is 5.13. The molecule has 2 aromatic rings. The van der Waals surface area contributed by atoms with Gasteiger partial charge in [-0.3, -0.25) is 4.79 Å². The number of carbonyl (C=O) groups excluding carboxylic acids is 2. The number of hydrogen-bond donors (Lipinski definition) is 3. The molecule has 0 spiro atoms. The molecule has 3 atom stereocenters. The number of aliphatic carboxylic acids is 1. The number of carbonyl (C=O) groups is 3. The number of unbranched alkanes of at least 4 members (excludes halogenated alkanes) is 1. The molecule has 1 fully saturated rings. The molecule has 2 unspecified atom stereocenters. The number of likely N-dealkylation sites (tertiary alicyclic amines) is 1. The summed E-state index contributed by atoms with van der Waals surface area (Å²) in [5.41, 5.74) is 4.52. The van der Waals surface area contributed by atoms with Gasteiger partial charge in [-0.05, 0) is 28.7 Å². The zero-order chi connectivity index (χ0) is 24.9. The summed E-state index contributed by atoms with van der Waals surface area (Å²) >= 11 is 0. The van der Waals surface area contributed by atoms with E-state index < -0.39 is 36.2 Å². The number of amides is 2. The number of ether oxygens (including phenoxy) is 1. The van der Waals surface area contributed by atoms with E-state index in [0.29, 0.717) is 6.42 Å². The van der Waals surface area contributed by atoms with Crippen molar-refractivity contribution in [1.82, 2.24) is 10.2 Å². The lowest BCUT2D eigenvalue weighted by molar-refractivity contribution is -0.148. The molecule has 1 heterocycles. The van der Waals surface area contributed by atoms with Gasteiger partial charge in [0.2, 0.25) is 5.91 Å². The molecule has 2 amide bonds. The predicted octanol–water partition coefficient (Wildman–Crippen LogP) is 3.52. The van der Waals surface area contributed by atoms with Crippen molar-refractivity contribution < 1.29 is 29.3 Å². The molecule has 4 rings (SSSR count). The van der Waals surface area contributed by atoms with Crippen LogP contribution in [0.1, 0.15) is 56.1 Å². The lowest BCUT2D eigenvalue weighted by Crippen LogP contribution is -2.45. The Labute approximate surface area is 204 Å². The van der Waals surface area contributed by atoms with Gasteiger partial charge in [0, 0.05) is 31.3 Å². The van der Waals surface area contributed by atoms with Crippen LogP contribution in [-0.4, -0.2) is 64.4 Å². The smallest absolute Gasteiger partial charge is 0.407 e. The molecular weight excluding hydrogens is 448 g/mol. The third kappa shape index (κ3) is 5.48. The number of carboxylic acids is 1. The first-order chi connectivity index (χ1) is 16.9. The predicted molar refractivity (Wildman–Crippen MR) is 130 cm³/mol. The molecule has 1 saturated heterocycles. The number of rotatable bonds is 9. The minimum absolute atomic E-state index is 0.0127. The van der Waals surface area contributed by atoms with Crippen molar-refractivity contribution in [3.8, 4) is 11.1 Å². The normalized spacial score (nSPS) is 19.7. The van der Waals surface area contributed by atoms with Crippen LogP contribution in [0.4, 0.5) is 4.79 Å². The molecule has 2 aromatic carbocycles. The number of aliphatic hydroxyl groups is 1. The van der Waals surface area contributed by atoms with Crippen LogP contribution in [0.3, 0.4) is 0 Å². The Balaban J connectivity index is 1.39. The number of carboxylic acid groups (broad SMARTS) is 1.